The second-order valence-corrected chi connectivity index (χ2v) is 5.26. The number of carbonyl (C=O) groups is 2. The van der Waals surface area contributed by atoms with E-state index in [1.807, 2.05) is 13.8 Å². The van der Waals surface area contributed by atoms with Crippen molar-refractivity contribution >= 4 is 11.8 Å². The molecule has 0 amide bonds. The van der Waals surface area contributed by atoms with Crippen molar-refractivity contribution in [3.05, 3.63) is 23.3 Å². The van der Waals surface area contributed by atoms with Crippen LogP contribution in [0, 0.1) is 6.92 Å². The number of ether oxygens (including phenoxy) is 2. The SMILES string of the molecule is Cc1cc(OCC(=O)O)cc2c1C(=O)CC(C)(C)O2. The Balaban J connectivity index is 2.37. The Morgan fingerprint density at radius 2 is 2.16 bits per heavy atom. The first kappa shape index (κ1) is 13.4. The van der Waals surface area contributed by atoms with Crippen LogP contribution in [0.4, 0.5) is 0 Å². The number of hydrogen-bond acceptors (Lipinski definition) is 4. The number of carboxylic acid groups (broad SMARTS) is 1. The molecule has 1 N–H and O–H groups in total. The Bertz CT molecular complexity index is 545. The van der Waals surface area contributed by atoms with Crippen LogP contribution in [0.15, 0.2) is 12.1 Å². The fourth-order valence-corrected chi connectivity index (χ4v) is 2.20. The topological polar surface area (TPSA) is 72.8 Å². The molecular weight excluding hydrogens is 248 g/mol. The number of aryl methyl sites for hydroxylation is 1. The zero-order valence-electron chi connectivity index (χ0n) is 11.1. The fraction of sp³-hybridized carbons (Fsp3) is 0.429. The van der Waals surface area contributed by atoms with E-state index < -0.39 is 18.2 Å². The van der Waals surface area contributed by atoms with Crippen LogP contribution in [0.3, 0.4) is 0 Å². The predicted molar refractivity (Wildman–Crippen MR) is 68.0 cm³/mol. The number of rotatable bonds is 3. The molecule has 0 unspecified atom stereocenters. The van der Waals surface area contributed by atoms with E-state index in [2.05, 4.69) is 0 Å². The van der Waals surface area contributed by atoms with Crippen LogP contribution in [0.25, 0.3) is 0 Å². The van der Waals surface area contributed by atoms with Gasteiger partial charge in [0.15, 0.2) is 12.4 Å². The minimum Gasteiger partial charge on any atom is -0.486 e. The lowest BCUT2D eigenvalue weighted by Crippen LogP contribution is -2.36. The Kier molecular flexibility index (Phi) is 3.22. The van der Waals surface area contributed by atoms with Crippen molar-refractivity contribution in [2.24, 2.45) is 0 Å². The average molecular weight is 264 g/mol. The van der Waals surface area contributed by atoms with Crippen molar-refractivity contribution in [2.45, 2.75) is 32.8 Å². The first-order valence-electron chi connectivity index (χ1n) is 6.00. The Morgan fingerprint density at radius 3 is 2.79 bits per heavy atom. The number of carboxylic acids is 1. The van der Waals surface area contributed by atoms with Crippen molar-refractivity contribution in [3.8, 4) is 11.5 Å². The summed E-state index contributed by atoms with van der Waals surface area (Å²) in [5.74, 6) is -0.160. The molecular formula is C14H16O5. The summed E-state index contributed by atoms with van der Waals surface area (Å²) < 4.78 is 10.9. The second kappa shape index (κ2) is 4.57. The first-order chi connectivity index (χ1) is 8.78. The first-order valence-corrected chi connectivity index (χ1v) is 6.00. The molecule has 2 rings (SSSR count). The van der Waals surface area contributed by atoms with E-state index in [4.69, 9.17) is 14.6 Å². The van der Waals surface area contributed by atoms with Crippen LogP contribution in [-0.4, -0.2) is 29.1 Å². The fourth-order valence-electron chi connectivity index (χ4n) is 2.20. The van der Waals surface area contributed by atoms with Gasteiger partial charge in [0.1, 0.15) is 17.1 Å². The third-order valence-electron chi connectivity index (χ3n) is 2.89. The molecule has 5 heteroatoms. The van der Waals surface area contributed by atoms with Crippen LogP contribution in [0.1, 0.15) is 36.2 Å². The number of Topliss-reactive ketones (excluding diaryl/α,β-unsaturated/α-hetero) is 1. The zero-order chi connectivity index (χ0) is 14.2. The van der Waals surface area contributed by atoms with Crippen molar-refractivity contribution in [1.82, 2.24) is 0 Å². The summed E-state index contributed by atoms with van der Waals surface area (Å²) >= 11 is 0. The van der Waals surface area contributed by atoms with E-state index in [9.17, 15) is 9.59 Å². The Hall–Kier alpha value is -2.04. The lowest BCUT2D eigenvalue weighted by atomic mass is 9.90. The van der Waals surface area contributed by atoms with Gasteiger partial charge in [-0.3, -0.25) is 4.79 Å². The standard InChI is InChI=1S/C14H16O5/c1-8-4-9(18-7-12(16)17)5-11-13(8)10(15)6-14(2,3)19-11/h4-5H,6-7H2,1-3H3,(H,16,17). The van der Waals surface area contributed by atoms with E-state index in [1.54, 1.807) is 19.1 Å². The van der Waals surface area contributed by atoms with Gasteiger partial charge in [-0.15, -0.1) is 0 Å². The van der Waals surface area contributed by atoms with E-state index in [1.165, 1.54) is 0 Å². The number of carbonyl (C=O) groups excluding carboxylic acids is 1. The molecule has 1 heterocycles. The highest BCUT2D eigenvalue weighted by atomic mass is 16.5. The van der Waals surface area contributed by atoms with Gasteiger partial charge in [-0.1, -0.05) is 0 Å². The molecule has 1 aromatic rings. The van der Waals surface area contributed by atoms with Crippen LogP contribution >= 0.6 is 0 Å². The predicted octanol–water partition coefficient (Wildman–Crippen LogP) is 2.20. The van der Waals surface area contributed by atoms with Gasteiger partial charge in [-0.25, -0.2) is 4.79 Å². The number of hydrogen-bond donors (Lipinski definition) is 1. The molecule has 102 valence electrons. The molecule has 5 nitrogen and oxygen atoms in total. The summed E-state index contributed by atoms with van der Waals surface area (Å²) in [6, 6.07) is 3.23. The number of aliphatic carboxylic acids is 1. The van der Waals surface area contributed by atoms with Gasteiger partial charge in [0.2, 0.25) is 0 Å². The quantitative estimate of drug-likeness (QED) is 0.906. The molecule has 0 aliphatic carbocycles. The van der Waals surface area contributed by atoms with Gasteiger partial charge >= 0.3 is 5.97 Å². The number of fused-ring (bicyclic) bond motifs is 1. The van der Waals surface area contributed by atoms with Crippen LogP contribution in [0.2, 0.25) is 0 Å². The Labute approximate surface area is 111 Å². The third-order valence-corrected chi connectivity index (χ3v) is 2.89. The number of ketones is 1. The maximum absolute atomic E-state index is 12.1. The third kappa shape index (κ3) is 2.86. The molecule has 0 saturated heterocycles. The maximum Gasteiger partial charge on any atom is 0.341 e. The highest BCUT2D eigenvalue weighted by Crippen LogP contribution is 2.37. The molecule has 1 aliphatic rings. The van der Waals surface area contributed by atoms with Gasteiger partial charge in [0, 0.05) is 6.07 Å². The largest absolute Gasteiger partial charge is 0.486 e. The van der Waals surface area contributed by atoms with E-state index in [-0.39, 0.29) is 5.78 Å². The van der Waals surface area contributed by atoms with Crippen LogP contribution in [0.5, 0.6) is 11.5 Å². The number of benzene rings is 1. The van der Waals surface area contributed by atoms with Crippen LogP contribution < -0.4 is 9.47 Å². The van der Waals surface area contributed by atoms with E-state index in [0.717, 1.165) is 5.56 Å². The summed E-state index contributed by atoms with van der Waals surface area (Å²) in [6.45, 7) is 5.05. The van der Waals surface area contributed by atoms with Crippen molar-refractivity contribution < 1.29 is 24.2 Å². The molecule has 0 aromatic heterocycles. The normalized spacial score (nSPS) is 16.5. The van der Waals surface area contributed by atoms with Crippen molar-refractivity contribution in [1.29, 1.82) is 0 Å². The van der Waals surface area contributed by atoms with Gasteiger partial charge in [-0.2, -0.15) is 0 Å². The van der Waals surface area contributed by atoms with E-state index >= 15 is 0 Å². The van der Waals surface area contributed by atoms with E-state index in [0.29, 0.717) is 23.5 Å². The summed E-state index contributed by atoms with van der Waals surface area (Å²) in [4.78, 5) is 22.6. The van der Waals surface area contributed by atoms with Gasteiger partial charge in [0.05, 0.1) is 12.0 Å². The zero-order valence-corrected chi connectivity index (χ0v) is 11.1. The molecule has 0 fully saturated rings. The minimum absolute atomic E-state index is 0.0357. The maximum atomic E-state index is 12.1. The lowest BCUT2D eigenvalue weighted by Gasteiger charge is -2.32. The van der Waals surface area contributed by atoms with Gasteiger partial charge in [-0.05, 0) is 32.4 Å². The van der Waals surface area contributed by atoms with Crippen molar-refractivity contribution in [2.75, 3.05) is 6.61 Å². The Morgan fingerprint density at radius 1 is 1.47 bits per heavy atom. The monoisotopic (exact) mass is 264 g/mol. The highest BCUT2D eigenvalue weighted by molar-refractivity contribution is 6.01. The molecule has 0 spiro atoms. The van der Waals surface area contributed by atoms with Crippen LogP contribution in [-0.2, 0) is 4.79 Å². The molecule has 1 aliphatic heterocycles. The van der Waals surface area contributed by atoms with Crippen molar-refractivity contribution in [3.63, 3.8) is 0 Å². The smallest absolute Gasteiger partial charge is 0.341 e. The molecule has 0 atom stereocenters. The summed E-state index contributed by atoms with van der Waals surface area (Å²) in [5.41, 5.74) is 0.738. The summed E-state index contributed by atoms with van der Waals surface area (Å²) in [7, 11) is 0. The van der Waals surface area contributed by atoms with Gasteiger partial charge < -0.3 is 14.6 Å². The summed E-state index contributed by atoms with van der Waals surface area (Å²) in [5, 5.41) is 8.60. The molecule has 0 bridgehead atoms. The second-order valence-electron chi connectivity index (χ2n) is 5.26. The lowest BCUT2D eigenvalue weighted by molar-refractivity contribution is -0.139. The van der Waals surface area contributed by atoms with Gasteiger partial charge in [0.25, 0.3) is 0 Å². The highest BCUT2D eigenvalue weighted by Gasteiger charge is 2.33. The average Bonchev–Trinajstić information content (AvgIpc) is 2.23. The summed E-state index contributed by atoms with van der Waals surface area (Å²) in [6.07, 6.45) is 0.330. The molecule has 0 radical (unpaired) electrons. The molecule has 19 heavy (non-hydrogen) atoms. The minimum atomic E-state index is -1.05. The molecule has 1 aromatic carbocycles. The molecule has 0 saturated carbocycles.